The van der Waals surface area contributed by atoms with Crippen LogP contribution in [0.15, 0.2) is 23.1 Å². The lowest BCUT2D eigenvalue weighted by Gasteiger charge is -2.17. The van der Waals surface area contributed by atoms with Crippen LogP contribution in [-0.4, -0.2) is 4.75 Å². The molecule has 0 aliphatic carbocycles. The largest absolute Gasteiger partial charge is 0.121 e. The van der Waals surface area contributed by atoms with Gasteiger partial charge in [0.1, 0.15) is 0 Å². The first-order chi connectivity index (χ1) is 5.31. The van der Waals surface area contributed by atoms with Crippen molar-refractivity contribution < 1.29 is 0 Å². The molecule has 1 heterocycles. The third kappa shape index (κ3) is 2.71. The van der Waals surface area contributed by atoms with Crippen LogP contribution >= 0.6 is 11.8 Å². The molecule has 0 saturated heterocycles. The highest BCUT2D eigenvalue weighted by molar-refractivity contribution is 8.04. The number of allylic oxidation sites excluding steroid dienone is 3. The summed E-state index contributed by atoms with van der Waals surface area (Å²) in [5.74, 6) is 0. The molecule has 0 amide bonds. The van der Waals surface area contributed by atoms with Gasteiger partial charge in [0.15, 0.2) is 0 Å². The zero-order valence-corrected chi connectivity index (χ0v) is 9.46. The molecule has 0 saturated carbocycles. The van der Waals surface area contributed by atoms with E-state index in [1.807, 2.05) is 11.8 Å². The Balaban J connectivity index is 2.98. The standard InChI is InChI=1S/C11H18S/c1-9-8-10(2,3)6-7-11(4,5)12-9/h6-8H,1-5H3. The second-order valence-electron chi connectivity index (χ2n) is 4.62. The topological polar surface area (TPSA) is 0 Å². The molecule has 0 aromatic carbocycles. The fourth-order valence-electron chi connectivity index (χ4n) is 1.47. The van der Waals surface area contributed by atoms with E-state index < -0.39 is 0 Å². The van der Waals surface area contributed by atoms with E-state index in [1.165, 1.54) is 4.91 Å². The van der Waals surface area contributed by atoms with E-state index in [1.54, 1.807) is 0 Å². The van der Waals surface area contributed by atoms with Gasteiger partial charge in [-0.3, -0.25) is 0 Å². The van der Waals surface area contributed by atoms with Crippen LogP contribution in [0.1, 0.15) is 34.6 Å². The van der Waals surface area contributed by atoms with Crippen molar-refractivity contribution in [2.24, 2.45) is 5.41 Å². The van der Waals surface area contributed by atoms with Crippen molar-refractivity contribution in [1.29, 1.82) is 0 Å². The van der Waals surface area contributed by atoms with Gasteiger partial charge in [-0.25, -0.2) is 0 Å². The highest BCUT2D eigenvalue weighted by Gasteiger charge is 2.22. The molecule has 0 aromatic rings. The molecule has 0 atom stereocenters. The molecular weight excluding hydrogens is 164 g/mol. The van der Waals surface area contributed by atoms with E-state index in [-0.39, 0.29) is 10.2 Å². The van der Waals surface area contributed by atoms with Gasteiger partial charge in [-0.1, -0.05) is 32.1 Å². The Bertz CT molecular complexity index is 231. The van der Waals surface area contributed by atoms with E-state index in [2.05, 4.69) is 52.8 Å². The van der Waals surface area contributed by atoms with E-state index in [0.717, 1.165) is 0 Å². The predicted octanol–water partition coefficient (Wildman–Crippen LogP) is 4.00. The highest BCUT2D eigenvalue weighted by atomic mass is 32.2. The molecule has 12 heavy (non-hydrogen) atoms. The van der Waals surface area contributed by atoms with Crippen molar-refractivity contribution in [3.8, 4) is 0 Å². The van der Waals surface area contributed by atoms with Crippen LogP contribution in [0, 0.1) is 5.41 Å². The first kappa shape index (κ1) is 9.91. The maximum atomic E-state index is 2.34. The van der Waals surface area contributed by atoms with Gasteiger partial charge in [0.2, 0.25) is 0 Å². The summed E-state index contributed by atoms with van der Waals surface area (Å²) in [5.41, 5.74) is 0.227. The van der Waals surface area contributed by atoms with Crippen molar-refractivity contribution >= 4 is 11.8 Å². The molecule has 0 nitrogen and oxygen atoms in total. The molecule has 0 radical (unpaired) electrons. The van der Waals surface area contributed by atoms with Gasteiger partial charge in [0.25, 0.3) is 0 Å². The second-order valence-corrected chi connectivity index (χ2v) is 6.52. The van der Waals surface area contributed by atoms with Gasteiger partial charge in [-0.05, 0) is 25.7 Å². The summed E-state index contributed by atoms with van der Waals surface area (Å²) in [4.78, 5) is 1.43. The maximum Gasteiger partial charge on any atom is 0.0326 e. The molecule has 1 rings (SSSR count). The SMILES string of the molecule is CC1=CC(C)(C)C=CC(C)(C)S1. The van der Waals surface area contributed by atoms with Crippen LogP contribution in [0.2, 0.25) is 0 Å². The molecule has 0 bridgehead atoms. The van der Waals surface area contributed by atoms with Crippen LogP contribution in [0.25, 0.3) is 0 Å². The van der Waals surface area contributed by atoms with Gasteiger partial charge >= 0.3 is 0 Å². The Labute approximate surface area is 80.1 Å². The Hall–Kier alpha value is -0.170. The predicted molar refractivity (Wildman–Crippen MR) is 58.3 cm³/mol. The third-order valence-corrected chi connectivity index (χ3v) is 3.02. The lowest BCUT2D eigenvalue weighted by Crippen LogP contribution is -2.09. The van der Waals surface area contributed by atoms with E-state index in [0.29, 0.717) is 0 Å². The summed E-state index contributed by atoms with van der Waals surface area (Å²) in [6.07, 6.45) is 6.95. The zero-order valence-electron chi connectivity index (χ0n) is 8.64. The van der Waals surface area contributed by atoms with Crippen LogP contribution in [0.3, 0.4) is 0 Å². The Morgan fingerprint density at radius 2 is 1.67 bits per heavy atom. The minimum atomic E-state index is 0.227. The van der Waals surface area contributed by atoms with Crippen LogP contribution in [0.5, 0.6) is 0 Å². The first-order valence-electron chi connectivity index (χ1n) is 4.40. The monoisotopic (exact) mass is 182 g/mol. The lowest BCUT2D eigenvalue weighted by molar-refractivity contribution is 0.620. The van der Waals surface area contributed by atoms with Gasteiger partial charge in [-0.15, -0.1) is 11.8 Å². The van der Waals surface area contributed by atoms with E-state index in [9.17, 15) is 0 Å². The molecular formula is C11H18S. The van der Waals surface area contributed by atoms with Gasteiger partial charge in [0, 0.05) is 10.2 Å². The van der Waals surface area contributed by atoms with Crippen molar-refractivity contribution in [1.82, 2.24) is 0 Å². The number of thioether (sulfide) groups is 1. The average molecular weight is 182 g/mol. The number of hydrogen-bond donors (Lipinski definition) is 0. The second kappa shape index (κ2) is 2.95. The third-order valence-electron chi connectivity index (χ3n) is 1.91. The molecule has 68 valence electrons. The minimum absolute atomic E-state index is 0.227. The molecule has 1 aliphatic heterocycles. The Kier molecular flexibility index (Phi) is 2.44. The summed E-state index contributed by atoms with van der Waals surface area (Å²) in [7, 11) is 0. The van der Waals surface area contributed by atoms with Crippen molar-refractivity contribution in [3.63, 3.8) is 0 Å². The molecule has 0 unspecified atom stereocenters. The fraction of sp³-hybridized carbons (Fsp3) is 0.636. The van der Waals surface area contributed by atoms with Gasteiger partial charge < -0.3 is 0 Å². The first-order valence-corrected chi connectivity index (χ1v) is 5.21. The van der Waals surface area contributed by atoms with Crippen molar-refractivity contribution in [2.45, 2.75) is 39.4 Å². The van der Waals surface area contributed by atoms with Gasteiger partial charge in [-0.2, -0.15) is 0 Å². The van der Waals surface area contributed by atoms with Crippen molar-refractivity contribution in [3.05, 3.63) is 23.1 Å². The Morgan fingerprint density at radius 3 is 2.25 bits per heavy atom. The lowest BCUT2D eigenvalue weighted by atomic mass is 9.91. The quantitative estimate of drug-likeness (QED) is 0.510. The van der Waals surface area contributed by atoms with Crippen LogP contribution in [0.4, 0.5) is 0 Å². The average Bonchev–Trinajstić information content (AvgIpc) is 1.87. The molecule has 0 fully saturated rings. The van der Waals surface area contributed by atoms with Crippen LogP contribution < -0.4 is 0 Å². The van der Waals surface area contributed by atoms with E-state index in [4.69, 9.17) is 0 Å². The number of rotatable bonds is 0. The fourth-order valence-corrected chi connectivity index (χ4v) is 2.79. The summed E-state index contributed by atoms with van der Waals surface area (Å²) >= 11 is 1.94. The molecule has 1 aliphatic rings. The zero-order chi connectivity index (χ0) is 9.41. The Morgan fingerprint density at radius 1 is 1.08 bits per heavy atom. The van der Waals surface area contributed by atoms with Crippen LogP contribution in [-0.2, 0) is 0 Å². The highest BCUT2D eigenvalue weighted by Crippen LogP contribution is 2.39. The van der Waals surface area contributed by atoms with Crippen molar-refractivity contribution in [2.75, 3.05) is 0 Å². The molecule has 1 heteroatoms. The van der Waals surface area contributed by atoms with Gasteiger partial charge in [0.05, 0.1) is 0 Å². The normalized spacial score (nSPS) is 26.2. The molecule has 0 spiro atoms. The summed E-state index contributed by atoms with van der Waals surface area (Å²) in [6, 6.07) is 0. The summed E-state index contributed by atoms with van der Waals surface area (Å²) < 4.78 is 0.258. The maximum absolute atomic E-state index is 2.34. The summed E-state index contributed by atoms with van der Waals surface area (Å²) in [5, 5.41) is 0. The van der Waals surface area contributed by atoms with E-state index >= 15 is 0 Å². The molecule has 0 N–H and O–H groups in total. The minimum Gasteiger partial charge on any atom is -0.121 e. The summed E-state index contributed by atoms with van der Waals surface area (Å²) in [6.45, 7) is 11.2. The smallest absolute Gasteiger partial charge is 0.0326 e. The molecule has 0 aromatic heterocycles. The number of hydrogen-bond acceptors (Lipinski definition) is 1.